The van der Waals surface area contributed by atoms with Gasteiger partial charge in [0.25, 0.3) is 5.91 Å². The van der Waals surface area contributed by atoms with Crippen LogP contribution < -0.4 is 10.0 Å². The molecule has 0 saturated carbocycles. The van der Waals surface area contributed by atoms with Crippen molar-refractivity contribution in [2.75, 3.05) is 29.4 Å². The zero-order valence-corrected chi connectivity index (χ0v) is 18.4. The maximum Gasteiger partial charge on any atom is 0.253 e. The van der Waals surface area contributed by atoms with Crippen LogP contribution in [0.3, 0.4) is 0 Å². The first-order valence-electron chi connectivity index (χ1n) is 9.11. The number of aromatic nitrogens is 1. The molecule has 1 aromatic carbocycles. The molecule has 1 fully saturated rings. The highest BCUT2D eigenvalue weighted by molar-refractivity contribution is 7.92. The summed E-state index contributed by atoms with van der Waals surface area (Å²) in [5.41, 5.74) is 0.466. The van der Waals surface area contributed by atoms with E-state index in [4.69, 9.17) is 23.2 Å². The Kier molecular flexibility index (Phi) is 6.84. The molecule has 3 rings (SSSR count). The summed E-state index contributed by atoms with van der Waals surface area (Å²) in [6, 6.07) is 7.70. The van der Waals surface area contributed by atoms with Crippen molar-refractivity contribution in [3.05, 3.63) is 52.1 Å². The Morgan fingerprint density at radius 2 is 1.83 bits per heavy atom. The van der Waals surface area contributed by atoms with E-state index in [9.17, 15) is 18.0 Å². The SMILES string of the molecule is CS(=O)(=O)Nc1cc(C(=O)N2CCC(C(=O)Nc3ccc(Cl)cn3)CC2)ccc1Cl. The highest BCUT2D eigenvalue weighted by Gasteiger charge is 2.28. The first-order chi connectivity index (χ1) is 14.1. The van der Waals surface area contributed by atoms with Crippen molar-refractivity contribution in [3.8, 4) is 0 Å². The van der Waals surface area contributed by atoms with Gasteiger partial charge in [-0.15, -0.1) is 0 Å². The van der Waals surface area contributed by atoms with Crippen LogP contribution in [-0.4, -0.2) is 49.5 Å². The van der Waals surface area contributed by atoms with Gasteiger partial charge in [0.15, 0.2) is 0 Å². The molecule has 0 atom stereocenters. The summed E-state index contributed by atoms with van der Waals surface area (Å²) >= 11 is 11.8. The van der Waals surface area contributed by atoms with Crippen molar-refractivity contribution in [1.82, 2.24) is 9.88 Å². The molecule has 1 aliphatic heterocycles. The van der Waals surface area contributed by atoms with Crippen LogP contribution in [0.15, 0.2) is 36.5 Å². The van der Waals surface area contributed by atoms with Crippen molar-refractivity contribution < 1.29 is 18.0 Å². The maximum absolute atomic E-state index is 12.8. The Hall–Kier alpha value is -2.36. The molecule has 2 heterocycles. The molecule has 8 nitrogen and oxygen atoms in total. The Bertz CT molecular complexity index is 1050. The molecule has 2 N–H and O–H groups in total. The fourth-order valence-corrected chi connectivity index (χ4v) is 4.04. The highest BCUT2D eigenvalue weighted by Crippen LogP contribution is 2.26. The van der Waals surface area contributed by atoms with E-state index in [0.29, 0.717) is 42.3 Å². The van der Waals surface area contributed by atoms with Gasteiger partial charge in [0.2, 0.25) is 15.9 Å². The number of amides is 2. The van der Waals surface area contributed by atoms with Crippen molar-refractivity contribution in [1.29, 1.82) is 0 Å². The van der Waals surface area contributed by atoms with Crippen molar-refractivity contribution >= 4 is 56.5 Å². The summed E-state index contributed by atoms with van der Waals surface area (Å²) in [5.74, 6) is -0.210. The highest BCUT2D eigenvalue weighted by atomic mass is 35.5. The van der Waals surface area contributed by atoms with Gasteiger partial charge in [0, 0.05) is 30.8 Å². The van der Waals surface area contributed by atoms with Crippen LogP contribution >= 0.6 is 23.2 Å². The lowest BCUT2D eigenvalue weighted by atomic mass is 9.95. The van der Waals surface area contributed by atoms with Crippen molar-refractivity contribution in [2.24, 2.45) is 5.92 Å². The number of benzene rings is 1. The van der Waals surface area contributed by atoms with E-state index in [1.165, 1.54) is 18.3 Å². The van der Waals surface area contributed by atoms with Gasteiger partial charge < -0.3 is 10.2 Å². The number of halogens is 2. The number of hydrogen-bond donors (Lipinski definition) is 2. The van der Waals surface area contributed by atoms with Crippen molar-refractivity contribution in [2.45, 2.75) is 12.8 Å². The molecule has 30 heavy (non-hydrogen) atoms. The Morgan fingerprint density at radius 1 is 1.13 bits per heavy atom. The molecule has 160 valence electrons. The second kappa shape index (κ2) is 9.20. The van der Waals surface area contributed by atoms with Crippen LogP contribution in [0.25, 0.3) is 0 Å². The number of anilines is 2. The first-order valence-corrected chi connectivity index (χ1v) is 11.8. The normalized spacial score (nSPS) is 15.0. The fourth-order valence-electron chi connectivity index (χ4n) is 3.14. The lowest BCUT2D eigenvalue weighted by Gasteiger charge is -2.31. The molecule has 1 aliphatic rings. The van der Waals surface area contributed by atoms with Gasteiger partial charge in [-0.2, -0.15) is 0 Å². The van der Waals surface area contributed by atoms with Gasteiger partial charge in [-0.3, -0.25) is 14.3 Å². The predicted molar refractivity (Wildman–Crippen MR) is 116 cm³/mol. The number of likely N-dealkylation sites (tertiary alicyclic amines) is 1. The van der Waals surface area contributed by atoms with E-state index in [2.05, 4.69) is 15.0 Å². The van der Waals surface area contributed by atoms with Gasteiger partial charge in [-0.1, -0.05) is 23.2 Å². The third-order valence-electron chi connectivity index (χ3n) is 4.64. The van der Waals surface area contributed by atoms with Gasteiger partial charge in [0.05, 0.1) is 22.0 Å². The molecule has 0 spiro atoms. The minimum Gasteiger partial charge on any atom is -0.339 e. The van der Waals surface area contributed by atoms with Crippen LogP contribution in [0.2, 0.25) is 10.0 Å². The molecular weight excluding hydrogens is 451 g/mol. The maximum atomic E-state index is 12.8. The van der Waals surface area contributed by atoms with E-state index in [-0.39, 0.29) is 28.4 Å². The van der Waals surface area contributed by atoms with Crippen LogP contribution in [0.4, 0.5) is 11.5 Å². The summed E-state index contributed by atoms with van der Waals surface area (Å²) in [6.07, 6.45) is 3.48. The average Bonchev–Trinajstić information content (AvgIpc) is 2.70. The number of piperidine rings is 1. The number of carbonyl (C=O) groups excluding carboxylic acids is 2. The quantitative estimate of drug-likeness (QED) is 0.696. The van der Waals surface area contributed by atoms with Crippen LogP contribution in [0.5, 0.6) is 0 Å². The summed E-state index contributed by atoms with van der Waals surface area (Å²) in [5, 5.41) is 3.44. The Balaban J connectivity index is 1.60. The lowest BCUT2D eigenvalue weighted by molar-refractivity contribution is -0.121. The van der Waals surface area contributed by atoms with Crippen LogP contribution in [0, 0.1) is 5.92 Å². The molecule has 1 saturated heterocycles. The molecule has 0 bridgehead atoms. The second-order valence-electron chi connectivity index (χ2n) is 6.99. The summed E-state index contributed by atoms with van der Waals surface area (Å²) in [4.78, 5) is 30.9. The van der Waals surface area contributed by atoms with Crippen LogP contribution in [-0.2, 0) is 14.8 Å². The zero-order valence-electron chi connectivity index (χ0n) is 16.1. The minimum absolute atomic E-state index is 0.148. The Morgan fingerprint density at radius 3 is 2.43 bits per heavy atom. The zero-order chi connectivity index (χ0) is 21.9. The van der Waals surface area contributed by atoms with E-state index < -0.39 is 10.0 Å². The van der Waals surface area contributed by atoms with E-state index in [0.717, 1.165) is 6.26 Å². The monoisotopic (exact) mass is 470 g/mol. The van der Waals surface area contributed by atoms with E-state index in [1.54, 1.807) is 23.1 Å². The molecule has 2 aromatic rings. The largest absolute Gasteiger partial charge is 0.339 e. The van der Waals surface area contributed by atoms with Crippen molar-refractivity contribution in [3.63, 3.8) is 0 Å². The molecule has 2 amide bonds. The number of nitrogens with one attached hydrogen (secondary N) is 2. The first kappa shape index (κ1) is 22.3. The molecule has 1 aromatic heterocycles. The van der Waals surface area contributed by atoms with E-state index >= 15 is 0 Å². The summed E-state index contributed by atoms with van der Waals surface area (Å²) < 4.78 is 25.2. The Labute approximate surface area is 184 Å². The number of rotatable bonds is 5. The van der Waals surface area contributed by atoms with E-state index in [1.807, 2.05) is 0 Å². The lowest BCUT2D eigenvalue weighted by Crippen LogP contribution is -2.41. The minimum atomic E-state index is -3.53. The third kappa shape index (κ3) is 5.84. The number of sulfonamides is 1. The summed E-state index contributed by atoms with van der Waals surface area (Å²) in [6.45, 7) is 0.810. The third-order valence-corrected chi connectivity index (χ3v) is 5.78. The smallest absolute Gasteiger partial charge is 0.253 e. The van der Waals surface area contributed by atoms with Gasteiger partial charge in [-0.25, -0.2) is 13.4 Å². The molecule has 0 radical (unpaired) electrons. The molecule has 0 unspecified atom stereocenters. The standard InChI is InChI=1S/C19H20Cl2N4O4S/c1-30(28,29)24-16-10-13(2-4-15(16)21)19(27)25-8-6-12(7-9-25)18(26)23-17-5-3-14(20)11-22-17/h2-5,10-12,24H,6-9H2,1H3,(H,22,23,26). The second-order valence-corrected chi connectivity index (χ2v) is 9.58. The number of hydrogen-bond acceptors (Lipinski definition) is 5. The summed E-state index contributed by atoms with van der Waals surface area (Å²) in [7, 11) is -3.53. The van der Waals surface area contributed by atoms with Gasteiger partial charge in [0.1, 0.15) is 5.82 Å². The van der Waals surface area contributed by atoms with Gasteiger partial charge >= 0.3 is 0 Å². The molecule has 11 heteroatoms. The molecule has 0 aliphatic carbocycles. The molecular formula is C19H20Cl2N4O4S. The van der Waals surface area contributed by atoms with Crippen LogP contribution in [0.1, 0.15) is 23.2 Å². The predicted octanol–water partition coefficient (Wildman–Crippen LogP) is 3.25. The topological polar surface area (TPSA) is 108 Å². The average molecular weight is 471 g/mol. The van der Waals surface area contributed by atoms with Gasteiger partial charge in [-0.05, 0) is 43.2 Å². The number of carbonyl (C=O) groups is 2. The fraction of sp³-hybridized carbons (Fsp3) is 0.316. The number of pyridine rings is 1. The number of nitrogens with zero attached hydrogens (tertiary/aromatic N) is 2.